The number of hydrogen-bond acceptors (Lipinski definition) is 5. The van der Waals surface area contributed by atoms with Crippen LogP contribution in [-0.4, -0.2) is 41.5 Å². The maximum absolute atomic E-state index is 13.3. The molecule has 156 valence electrons. The second-order valence-electron chi connectivity index (χ2n) is 8.56. The van der Waals surface area contributed by atoms with Gasteiger partial charge in [-0.2, -0.15) is 0 Å². The van der Waals surface area contributed by atoms with Gasteiger partial charge in [-0.3, -0.25) is 9.59 Å². The van der Waals surface area contributed by atoms with Crippen molar-refractivity contribution in [3.8, 4) is 0 Å². The first-order valence-corrected chi connectivity index (χ1v) is 10.3. The van der Waals surface area contributed by atoms with Crippen LogP contribution in [0.4, 0.5) is 5.69 Å². The Kier molecular flexibility index (Phi) is 4.15. The van der Waals surface area contributed by atoms with Gasteiger partial charge in [0.1, 0.15) is 11.2 Å². The molecule has 2 amide bonds. The summed E-state index contributed by atoms with van der Waals surface area (Å²) >= 11 is 0. The van der Waals surface area contributed by atoms with E-state index in [1.807, 2.05) is 43.9 Å². The average Bonchev–Trinajstić information content (AvgIpc) is 3.31. The lowest BCUT2D eigenvalue weighted by molar-refractivity contribution is -0.135. The summed E-state index contributed by atoms with van der Waals surface area (Å²) < 4.78 is 11.4. The van der Waals surface area contributed by atoms with Crippen molar-refractivity contribution in [1.82, 2.24) is 4.90 Å². The third kappa shape index (κ3) is 2.65. The summed E-state index contributed by atoms with van der Waals surface area (Å²) in [4.78, 5) is 39.8. The normalized spacial score (nSPS) is 29.1. The maximum Gasteiger partial charge on any atom is 0.336 e. The minimum absolute atomic E-state index is 0.00305. The molecule has 30 heavy (non-hydrogen) atoms. The van der Waals surface area contributed by atoms with Gasteiger partial charge in [0.2, 0.25) is 11.8 Å². The molecule has 3 aliphatic heterocycles. The van der Waals surface area contributed by atoms with Crippen LogP contribution in [0, 0.1) is 25.7 Å². The number of aryl methyl sites for hydroxylation is 2. The molecular weight excluding hydrogens is 384 g/mol. The molecule has 7 nitrogen and oxygen atoms in total. The van der Waals surface area contributed by atoms with Crippen LogP contribution in [0.3, 0.4) is 0 Å². The number of ether oxygens (including phenoxy) is 1. The fourth-order valence-electron chi connectivity index (χ4n) is 5.15. The highest BCUT2D eigenvalue weighted by atomic mass is 16.5. The number of hydrogen-bond donors (Lipinski definition) is 1. The Morgan fingerprint density at radius 2 is 2.03 bits per heavy atom. The van der Waals surface area contributed by atoms with E-state index < -0.39 is 23.1 Å². The summed E-state index contributed by atoms with van der Waals surface area (Å²) in [7, 11) is 0. The molecule has 3 aliphatic rings. The van der Waals surface area contributed by atoms with Gasteiger partial charge in [0.15, 0.2) is 0 Å². The molecule has 2 aromatic rings. The van der Waals surface area contributed by atoms with Gasteiger partial charge in [-0.05, 0) is 43.5 Å². The van der Waals surface area contributed by atoms with Crippen LogP contribution in [0.25, 0.3) is 11.0 Å². The fraction of sp³-hybridized carbons (Fsp3) is 0.435. The lowest BCUT2D eigenvalue weighted by atomic mass is 9.76. The standard InChI is InChI=1S/C23H24N2O5/c1-4-7-25-11-23-6-5-16(30-23)19(20(23)22(25)28)21(27)24-15-10-14-12(2)9-18(26)29-17(14)8-13(15)3/h5-6,8-10,16,19-20H,4,7,11H2,1-3H3,(H,24,27)/t16-,19-,20+,23-/m0/s1. The number of amides is 2. The molecule has 2 saturated heterocycles. The van der Waals surface area contributed by atoms with Crippen LogP contribution in [0.15, 0.2) is 39.6 Å². The number of nitrogens with one attached hydrogen (secondary N) is 1. The van der Waals surface area contributed by atoms with Gasteiger partial charge in [0, 0.05) is 23.7 Å². The van der Waals surface area contributed by atoms with E-state index in [4.69, 9.17) is 9.15 Å². The Labute approximate surface area is 173 Å². The average molecular weight is 408 g/mol. The highest BCUT2D eigenvalue weighted by Crippen LogP contribution is 2.52. The van der Waals surface area contributed by atoms with Gasteiger partial charge < -0.3 is 19.4 Å². The Hall–Kier alpha value is -2.93. The smallest absolute Gasteiger partial charge is 0.336 e. The molecule has 5 rings (SSSR count). The molecule has 1 N–H and O–H groups in total. The first-order valence-electron chi connectivity index (χ1n) is 10.3. The number of carbonyl (C=O) groups is 2. The third-order valence-electron chi connectivity index (χ3n) is 6.53. The van der Waals surface area contributed by atoms with E-state index in [2.05, 4.69) is 5.32 Å². The predicted molar refractivity (Wildman–Crippen MR) is 111 cm³/mol. The largest absolute Gasteiger partial charge is 0.423 e. The van der Waals surface area contributed by atoms with Gasteiger partial charge in [-0.25, -0.2) is 4.79 Å². The van der Waals surface area contributed by atoms with E-state index in [1.165, 1.54) is 6.07 Å². The van der Waals surface area contributed by atoms with Crippen molar-refractivity contribution in [2.24, 2.45) is 11.8 Å². The van der Waals surface area contributed by atoms with Crippen molar-refractivity contribution in [3.05, 3.63) is 51.9 Å². The minimum atomic E-state index is -0.683. The lowest BCUT2D eigenvalue weighted by Gasteiger charge is -2.24. The van der Waals surface area contributed by atoms with E-state index in [0.717, 1.165) is 22.9 Å². The van der Waals surface area contributed by atoms with Gasteiger partial charge in [-0.1, -0.05) is 19.1 Å². The van der Waals surface area contributed by atoms with E-state index in [0.29, 0.717) is 24.4 Å². The number of carbonyl (C=O) groups excluding carboxylic acids is 2. The van der Waals surface area contributed by atoms with Crippen molar-refractivity contribution in [2.45, 2.75) is 38.9 Å². The topological polar surface area (TPSA) is 88.8 Å². The Bertz CT molecular complexity index is 1170. The summed E-state index contributed by atoms with van der Waals surface area (Å²) in [5.41, 5.74) is 1.61. The van der Waals surface area contributed by atoms with E-state index in [9.17, 15) is 14.4 Å². The quantitative estimate of drug-likeness (QED) is 0.620. The summed E-state index contributed by atoms with van der Waals surface area (Å²) in [6.07, 6.45) is 4.36. The fourth-order valence-corrected chi connectivity index (χ4v) is 5.15. The summed E-state index contributed by atoms with van der Waals surface area (Å²) in [6, 6.07) is 5.00. The van der Waals surface area contributed by atoms with E-state index in [1.54, 1.807) is 6.07 Å². The van der Waals surface area contributed by atoms with Crippen LogP contribution in [0.1, 0.15) is 24.5 Å². The van der Waals surface area contributed by atoms with Crippen molar-refractivity contribution in [2.75, 3.05) is 18.4 Å². The summed E-state index contributed by atoms with van der Waals surface area (Å²) in [5.74, 6) is -1.27. The first-order chi connectivity index (χ1) is 14.3. The molecule has 4 atom stereocenters. The number of benzene rings is 1. The summed E-state index contributed by atoms with van der Waals surface area (Å²) in [6.45, 7) is 6.89. The van der Waals surface area contributed by atoms with Crippen LogP contribution in [-0.2, 0) is 14.3 Å². The van der Waals surface area contributed by atoms with Gasteiger partial charge >= 0.3 is 5.63 Å². The molecule has 0 radical (unpaired) electrons. The zero-order valence-electron chi connectivity index (χ0n) is 17.2. The highest BCUT2D eigenvalue weighted by Gasteiger charge is 2.66. The summed E-state index contributed by atoms with van der Waals surface area (Å²) in [5, 5.41) is 3.77. The van der Waals surface area contributed by atoms with Crippen molar-refractivity contribution >= 4 is 28.5 Å². The maximum atomic E-state index is 13.3. The van der Waals surface area contributed by atoms with Gasteiger partial charge in [0.05, 0.1) is 24.5 Å². The molecule has 0 unspecified atom stereocenters. The molecule has 2 bridgehead atoms. The predicted octanol–water partition coefficient (Wildman–Crippen LogP) is 2.54. The van der Waals surface area contributed by atoms with Gasteiger partial charge in [0.25, 0.3) is 0 Å². The second kappa shape index (κ2) is 6.54. The Morgan fingerprint density at radius 3 is 2.80 bits per heavy atom. The second-order valence-corrected chi connectivity index (χ2v) is 8.56. The molecule has 1 aromatic carbocycles. The molecule has 0 saturated carbocycles. The Balaban J connectivity index is 1.46. The minimum Gasteiger partial charge on any atom is -0.423 e. The molecule has 7 heteroatoms. The van der Waals surface area contributed by atoms with E-state index in [-0.39, 0.29) is 17.9 Å². The zero-order valence-corrected chi connectivity index (χ0v) is 17.2. The van der Waals surface area contributed by atoms with Crippen molar-refractivity contribution in [3.63, 3.8) is 0 Å². The SMILES string of the molecule is CCCN1C[C@]23C=C[C@H](O2)[C@H](C(=O)Nc2cc4c(C)cc(=O)oc4cc2C)[C@@H]3C1=O. The number of nitrogens with zero attached hydrogens (tertiary/aromatic N) is 1. The van der Waals surface area contributed by atoms with Crippen LogP contribution < -0.4 is 10.9 Å². The van der Waals surface area contributed by atoms with Gasteiger partial charge in [-0.15, -0.1) is 0 Å². The molecule has 1 aromatic heterocycles. The lowest BCUT2D eigenvalue weighted by Crippen LogP contribution is -2.41. The number of rotatable bonds is 4. The number of fused-ring (bicyclic) bond motifs is 2. The molecule has 1 spiro atoms. The van der Waals surface area contributed by atoms with Crippen LogP contribution in [0.2, 0.25) is 0 Å². The van der Waals surface area contributed by atoms with Crippen molar-refractivity contribution < 1.29 is 18.7 Å². The number of likely N-dealkylation sites (tertiary alicyclic amines) is 1. The molecule has 0 aliphatic carbocycles. The van der Waals surface area contributed by atoms with Crippen molar-refractivity contribution in [1.29, 1.82) is 0 Å². The van der Waals surface area contributed by atoms with E-state index >= 15 is 0 Å². The molecule has 4 heterocycles. The monoisotopic (exact) mass is 408 g/mol. The van der Waals surface area contributed by atoms with Crippen LogP contribution in [0.5, 0.6) is 0 Å². The highest BCUT2D eigenvalue weighted by molar-refractivity contribution is 6.01. The third-order valence-corrected chi connectivity index (χ3v) is 6.53. The Morgan fingerprint density at radius 1 is 1.23 bits per heavy atom. The zero-order chi connectivity index (χ0) is 21.2. The molecular formula is C23H24N2O5. The molecule has 2 fully saturated rings. The van der Waals surface area contributed by atoms with Crippen LogP contribution >= 0.6 is 0 Å². The number of anilines is 1. The first kappa shape index (κ1) is 19.1.